The standard InChI is InChI=1S/C10H20NO5P/c1-4-14-17(15-5-2)16-10(3)9(8-12)6-7-11(10)13/h7,9,12H,4-6,8H2,1-3H3/t9-,10+/m0/s1. The van der Waals surface area contributed by atoms with Crippen molar-refractivity contribution < 1.29 is 23.4 Å². The van der Waals surface area contributed by atoms with Crippen LogP contribution in [0.2, 0.25) is 0 Å². The Bertz CT molecular complexity index is 269. The molecule has 0 saturated heterocycles. The number of aliphatic hydroxyl groups is 1. The third-order valence-electron chi connectivity index (χ3n) is 2.70. The van der Waals surface area contributed by atoms with Gasteiger partial charge in [-0.25, -0.2) is 4.52 Å². The van der Waals surface area contributed by atoms with Crippen LogP contribution in [0.4, 0.5) is 0 Å². The van der Waals surface area contributed by atoms with Crippen LogP contribution >= 0.6 is 8.60 Å². The van der Waals surface area contributed by atoms with Crippen LogP contribution in [0.5, 0.6) is 0 Å². The highest BCUT2D eigenvalue weighted by atomic mass is 31.2. The van der Waals surface area contributed by atoms with E-state index in [1.165, 1.54) is 6.21 Å². The van der Waals surface area contributed by atoms with Gasteiger partial charge < -0.3 is 19.4 Å². The van der Waals surface area contributed by atoms with Gasteiger partial charge >= 0.3 is 8.60 Å². The van der Waals surface area contributed by atoms with Crippen LogP contribution in [0, 0.1) is 11.1 Å². The van der Waals surface area contributed by atoms with Crippen molar-refractivity contribution in [1.82, 2.24) is 0 Å². The molecule has 6 nitrogen and oxygen atoms in total. The fourth-order valence-electron chi connectivity index (χ4n) is 1.61. The van der Waals surface area contributed by atoms with Gasteiger partial charge in [0.05, 0.1) is 25.7 Å². The van der Waals surface area contributed by atoms with E-state index in [4.69, 9.17) is 13.6 Å². The van der Waals surface area contributed by atoms with E-state index >= 15 is 0 Å². The van der Waals surface area contributed by atoms with Gasteiger partial charge in [0.25, 0.3) is 5.72 Å². The van der Waals surface area contributed by atoms with Crippen molar-refractivity contribution in [2.24, 2.45) is 5.92 Å². The summed E-state index contributed by atoms with van der Waals surface area (Å²) >= 11 is 0. The van der Waals surface area contributed by atoms with Crippen LogP contribution in [0.15, 0.2) is 0 Å². The van der Waals surface area contributed by atoms with E-state index < -0.39 is 14.3 Å². The highest BCUT2D eigenvalue weighted by Crippen LogP contribution is 2.47. The molecule has 1 N–H and O–H groups in total. The summed E-state index contributed by atoms with van der Waals surface area (Å²) in [5.74, 6) is -0.258. The number of hydrogen-bond acceptors (Lipinski definition) is 5. The van der Waals surface area contributed by atoms with Crippen molar-refractivity contribution >= 4 is 14.8 Å². The van der Waals surface area contributed by atoms with Crippen LogP contribution in [0.3, 0.4) is 0 Å². The Hall–Kier alpha value is -0.260. The molecule has 17 heavy (non-hydrogen) atoms. The molecule has 0 aliphatic carbocycles. The molecule has 100 valence electrons. The van der Waals surface area contributed by atoms with E-state index in [2.05, 4.69) is 0 Å². The molecular weight excluding hydrogens is 245 g/mol. The largest absolute Gasteiger partial charge is 0.622 e. The molecule has 0 unspecified atom stereocenters. The van der Waals surface area contributed by atoms with Crippen molar-refractivity contribution in [2.75, 3.05) is 19.8 Å². The van der Waals surface area contributed by atoms with Gasteiger partial charge in [0.15, 0.2) is 6.21 Å². The predicted molar refractivity (Wildman–Crippen MR) is 64.5 cm³/mol. The highest BCUT2D eigenvalue weighted by molar-refractivity contribution is 7.41. The number of rotatable bonds is 7. The van der Waals surface area contributed by atoms with Crippen molar-refractivity contribution in [3.05, 3.63) is 5.21 Å². The summed E-state index contributed by atoms with van der Waals surface area (Å²) in [5.41, 5.74) is -1.11. The molecule has 0 aromatic rings. The Kier molecular flexibility index (Phi) is 5.76. The number of nitrogens with zero attached hydrogens (tertiary/aromatic N) is 1. The molecule has 1 aliphatic heterocycles. The monoisotopic (exact) mass is 265 g/mol. The van der Waals surface area contributed by atoms with E-state index in [1.807, 2.05) is 13.8 Å². The summed E-state index contributed by atoms with van der Waals surface area (Å²) in [4.78, 5) is 0. The predicted octanol–water partition coefficient (Wildman–Crippen LogP) is 1.61. The second kappa shape index (κ2) is 6.61. The van der Waals surface area contributed by atoms with Gasteiger partial charge in [0.2, 0.25) is 0 Å². The lowest BCUT2D eigenvalue weighted by Gasteiger charge is -2.30. The second-order valence-electron chi connectivity index (χ2n) is 3.83. The van der Waals surface area contributed by atoms with Gasteiger partial charge in [-0.3, -0.25) is 0 Å². The fourth-order valence-corrected chi connectivity index (χ4v) is 2.75. The molecule has 0 saturated carbocycles. The first-order valence-corrected chi connectivity index (χ1v) is 6.83. The fraction of sp³-hybridized carbons (Fsp3) is 0.900. The smallest absolute Gasteiger partial charge is 0.338 e. The summed E-state index contributed by atoms with van der Waals surface area (Å²) in [6, 6.07) is 0. The van der Waals surface area contributed by atoms with Crippen molar-refractivity contribution in [3.8, 4) is 0 Å². The zero-order chi connectivity index (χ0) is 12.9. The van der Waals surface area contributed by atoms with Crippen molar-refractivity contribution in [1.29, 1.82) is 0 Å². The van der Waals surface area contributed by atoms with E-state index in [9.17, 15) is 10.3 Å². The van der Waals surface area contributed by atoms with Crippen LogP contribution in [0.1, 0.15) is 27.2 Å². The molecule has 2 atom stereocenters. The molecule has 7 heteroatoms. The van der Waals surface area contributed by atoms with Gasteiger partial charge in [-0.05, 0) is 13.8 Å². The topological polar surface area (TPSA) is 74.0 Å². The number of hydrogen-bond donors (Lipinski definition) is 1. The lowest BCUT2D eigenvalue weighted by atomic mass is 9.99. The van der Waals surface area contributed by atoms with Crippen LogP contribution in [-0.2, 0) is 13.6 Å². The molecule has 0 aromatic carbocycles. The van der Waals surface area contributed by atoms with Crippen LogP contribution < -0.4 is 0 Å². The summed E-state index contributed by atoms with van der Waals surface area (Å²) in [7, 11) is -1.55. The molecule has 0 spiro atoms. The molecule has 0 fully saturated rings. The highest BCUT2D eigenvalue weighted by Gasteiger charge is 2.50. The lowest BCUT2D eigenvalue weighted by Crippen LogP contribution is -2.42. The molecule has 1 rings (SSSR count). The Morgan fingerprint density at radius 2 is 2.06 bits per heavy atom. The first kappa shape index (κ1) is 14.8. The number of hydroxylamine groups is 1. The van der Waals surface area contributed by atoms with Crippen molar-refractivity contribution in [3.63, 3.8) is 0 Å². The first-order chi connectivity index (χ1) is 8.08. The Balaban J connectivity index is 2.70. The van der Waals surface area contributed by atoms with Crippen LogP contribution in [-0.4, -0.2) is 41.6 Å². The average Bonchev–Trinajstić information content (AvgIpc) is 2.56. The van der Waals surface area contributed by atoms with Gasteiger partial charge in [-0.1, -0.05) is 0 Å². The van der Waals surface area contributed by atoms with Gasteiger partial charge in [-0.2, -0.15) is 4.74 Å². The van der Waals surface area contributed by atoms with E-state index in [0.717, 1.165) is 4.74 Å². The van der Waals surface area contributed by atoms with E-state index in [0.29, 0.717) is 19.6 Å². The Morgan fingerprint density at radius 1 is 1.47 bits per heavy atom. The molecule has 1 aliphatic rings. The third-order valence-corrected chi connectivity index (χ3v) is 4.16. The average molecular weight is 265 g/mol. The molecular formula is C10H20NO5P. The third kappa shape index (κ3) is 3.36. The normalized spacial score (nSPS) is 28.8. The minimum atomic E-state index is -1.55. The quantitative estimate of drug-likeness (QED) is 0.430. The molecule has 0 bridgehead atoms. The summed E-state index contributed by atoms with van der Waals surface area (Å²) in [6.45, 7) is 6.12. The Labute approximate surface area is 103 Å². The van der Waals surface area contributed by atoms with Gasteiger partial charge in [-0.15, -0.1) is 0 Å². The maximum Gasteiger partial charge on any atom is 0.338 e. The zero-order valence-corrected chi connectivity index (χ0v) is 11.4. The maximum absolute atomic E-state index is 11.7. The second-order valence-corrected chi connectivity index (χ2v) is 4.97. The molecule has 0 amide bonds. The lowest BCUT2D eigenvalue weighted by molar-refractivity contribution is -0.592. The minimum absolute atomic E-state index is 0.104. The van der Waals surface area contributed by atoms with E-state index in [-0.39, 0.29) is 12.5 Å². The summed E-state index contributed by atoms with van der Waals surface area (Å²) in [6.07, 6.45) is 1.98. The van der Waals surface area contributed by atoms with Gasteiger partial charge in [0, 0.05) is 13.3 Å². The van der Waals surface area contributed by atoms with E-state index in [1.54, 1.807) is 6.92 Å². The Morgan fingerprint density at radius 3 is 2.53 bits per heavy atom. The van der Waals surface area contributed by atoms with Crippen LogP contribution in [0.25, 0.3) is 0 Å². The number of aliphatic hydroxyl groups excluding tert-OH is 1. The minimum Gasteiger partial charge on any atom is -0.622 e. The maximum atomic E-state index is 11.7. The van der Waals surface area contributed by atoms with Crippen molar-refractivity contribution in [2.45, 2.75) is 32.9 Å². The van der Waals surface area contributed by atoms with Gasteiger partial charge in [0.1, 0.15) is 0 Å². The molecule has 0 aromatic heterocycles. The first-order valence-electron chi connectivity index (χ1n) is 5.74. The summed E-state index contributed by atoms with van der Waals surface area (Å²) < 4.78 is 17.0. The zero-order valence-electron chi connectivity index (χ0n) is 10.5. The molecule has 1 heterocycles. The molecule has 0 radical (unpaired) electrons. The summed E-state index contributed by atoms with van der Waals surface area (Å²) in [5, 5.41) is 21.0. The SMILES string of the molecule is CCOP(OCC)O[C@]1(C)[C@H](CO)CC=[N+]1[O-].